The van der Waals surface area contributed by atoms with Gasteiger partial charge in [-0.3, -0.25) is 10.2 Å². The van der Waals surface area contributed by atoms with Crippen molar-refractivity contribution in [3.8, 4) is 0 Å². The molecular weight excluding hydrogens is 284 g/mol. The first-order valence-corrected chi connectivity index (χ1v) is 7.35. The summed E-state index contributed by atoms with van der Waals surface area (Å²) in [6.45, 7) is 1.44. The molecule has 1 aromatic carbocycles. The molecule has 0 aliphatic carbocycles. The zero-order valence-electron chi connectivity index (χ0n) is 11.7. The van der Waals surface area contributed by atoms with Gasteiger partial charge in [0, 0.05) is 25.2 Å². The second-order valence-corrected chi connectivity index (χ2v) is 5.16. The Labute approximate surface area is 129 Å². The summed E-state index contributed by atoms with van der Waals surface area (Å²) in [5.74, 6) is 0.290. The van der Waals surface area contributed by atoms with Crippen molar-refractivity contribution >= 4 is 41.6 Å². The van der Waals surface area contributed by atoms with E-state index in [-0.39, 0.29) is 5.91 Å². The molecule has 1 fully saturated rings. The maximum Gasteiger partial charge on any atom is 0.256 e. The molecule has 0 saturated carbocycles. The van der Waals surface area contributed by atoms with E-state index in [4.69, 9.17) is 17.6 Å². The third kappa shape index (κ3) is 3.95. The van der Waals surface area contributed by atoms with Crippen LogP contribution in [0.5, 0.6) is 0 Å². The molecule has 0 spiro atoms. The zero-order chi connectivity index (χ0) is 15.1. The van der Waals surface area contributed by atoms with E-state index < -0.39 is 0 Å². The fourth-order valence-corrected chi connectivity index (χ4v) is 2.61. The second kappa shape index (κ2) is 7.64. The summed E-state index contributed by atoms with van der Waals surface area (Å²) >= 11 is 5.01. The van der Waals surface area contributed by atoms with Crippen molar-refractivity contribution < 1.29 is 4.79 Å². The first-order chi connectivity index (χ1) is 10.3. The van der Waals surface area contributed by atoms with Gasteiger partial charge in [0.05, 0.1) is 17.5 Å². The summed E-state index contributed by atoms with van der Waals surface area (Å²) in [4.78, 5) is 14.5. The molecule has 1 atom stereocenters. The third-order valence-electron chi connectivity index (χ3n) is 3.43. The third-order valence-corrected chi connectivity index (χ3v) is 3.81. The SMILES string of the molecule is N=C/C=N\Nc1ccccc1C(=O)N1CCCC(C=S)C1. The molecule has 1 heterocycles. The highest BCUT2D eigenvalue weighted by molar-refractivity contribution is 7.79. The highest BCUT2D eigenvalue weighted by atomic mass is 32.1. The standard InChI is InChI=1S/C15H18N4OS/c16-7-8-17-18-14-6-2-1-5-13(14)15(20)19-9-3-4-12(10-19)11-21/h1-2,5-8,11-12,16,18H,3-4,9-10H2/b16-7?,17-8-. The number of nitrogens with one attached hydrogen (secondary N) is 2. The Kier molecular flexibility index (Phi) is 5.57. The molecule has 1 saturated heterocycles. The number of amides is 1. The van der Waals surface area contributed by atoms with Crippen LogP contribution in [0.3, 0.4) is 0 Å². The van der Waals surface area contributed by atoms with E-state index in [0.29, 0.717) is 23.7 Å². The Morgan fingerprint density at radius 3 is 3.05 bits per heavy atom. The Bertz CT molecular complexity index is 558. The lowest BCUT2D eigenvalue weighted by molar-refractivity contribution is 0.0706. The lowest BCUT2D eigenvalue weighted by Gasteiger charge is -2.31. The van der Waals surface area contributed by atoms with E-state index in [1.807, 2.05) is 17.0 Å². The number of benzene rings is 1. The van der Waals surface area contributed by atoms with Gasteiger partial charge in [0.1, 0.15) is 0 Å². The van der Waals surface area contributed by atoms with Crippen LogP contribution in [-0.4, -0.2) is 41.7 Å². The maximum absolute atomic E-state index is 12.7. The summed E-state index contributed by atoms with van der Waals surface area (Å²) in [5.41, 5.74) is 4.03. The minimum atomic E-state index is -0.00953. The van der Waals surface area contributed by atoms with Gasteiger partial charge in [-0.1, -0.05) is 24.4 Å². The lowest BCUT2D eigenvalue weighted by Crippen LogP contribution is -2.40. The molecule has 21 heavy (non-hydrogen) atoms. The number of nitrogens with zero attached hydrogens (tertiary/aromatic N) is 2. The van der Waals surface area contributed by atoms with Gasteiger partial charge in [0.15, 0.2) is 0 Å². The second-order valence-electron chi connectivity index (χ2n) is 4.89. The summed E-state index contributed by atoms with van der Waals surface area (Å²) in [6.07, 6.45) is 4.43. The number of anilines is 1. The molecule has 2 rings (SSSR count). The van der Waals surface area contributed by atoms with Gasteiger partial charge >= 0.3 is 0 Å². The molecule has 1 aliphatic rings. The van der Waals surface area contributed by atoms with Crippen LogP contribution in [0.2, 0.25) is 0 Å². The van der Waals surface area contributed by atoms with Crippen molar-refractivity contribution in [1.82, 2.24) is 4.90 Å². The van der Waals surface area contributed by atoms with Crippen LogP contribution < -0.4 is 5.43 Å². The van der Waals surface area contributed by atoms with Crippen LogP contribution in [0.4, 0.5) is 5.69 Å². The Morgan fingerprint density at radius 1 is 1.48 bits per heavy atom. The largest absolute Gasteiger partial charge is 0.338 e. The Hall–Kier alpha value is -2.08. The number of carbonyl (C=O) groups is 1. The molecule has 1 aliphatic heterocycles. The number of thiocarbonyl (C=S) groups is 1. The average molecular weight is 302 g/mol. The topological polar surface area (TPSA) is 68.5 Å². The van der Waals surface area contributed by atoms with Gasteiger partial charge in [-0.15, -0.1) is 0 Å². The molecule has 5 nitrogen and oxygen atoms in total. The number of hydrazone groups is 1. The van der Waals surface area contributed by atoms with Crippen LogP contribution in [0.1, 0.15) is 23.2 Å². The summed E-state index contributed by atoms with van der Waals surface area (Å²) < 4.78 is 0. The number of piperidine rings is 1. The molecule has 0 radical (unpaired) electrons. The molecule has 6 heteroatoms. The van der Waals surface area contributed by atoms with Gasteiger partial charge in [-0.25, -0.2) is 0 Å². The fourth-order valence-electron chi connectivity index (χ4n) is 2.39. The number of hydrogen-bond acceptors (Lipinski definition) is 5. The van der Waals surface area contributed by atoms with Crippen LogP contribution in [0.15, 0.2) is 29.4 Å². The molecule has 1 unspecified atom stereocenters. The van der Waals surface area contributed by atoms with Gasteiger partial charge in [-0.05, 0) is 30.3 Å². The van der Waals surface area contributed by atoms with Gasteiger partial charge < -0.3 is 10.3 Å². The molecule has 1 aromatic rings. The Morgan fingerprint density at radius 2 is 2.29 bits per heavy atom. The molecule has 0 bridgehead atoms. The monoisotopic (exact) mass is 302 g/mol. The first-order valence-electron chi connectivity index (χ1n) is 6.88. The van der Waals surface area contributed by atoms with Gasteiger partial charge in [-0.2, -0.15) is 5.10 Å². The Balaban J connectivity index is 2.16. The van der Waals surface area contributed by atoms with Crippen molar-refractivity contribution in [2.45, 2.75) is 12.8 Å². The average Bonchev–Trinajstić information content (AvgIpc) is 2.55. The molecule has 2 N–H and O–H groups in total. The summed E-state index contributed by atoms with van der Waals surface area (Å²) in [5, 5.41) is 12.5. The van der Waals surface area contributed by atoms with Crippen molar-refractivity contribution in [2.75, 3.05) is 18.5 Å². The fraction of sp³-hybridized carbons (Fsp3) is 0.333. The normalized spacial score (nSPS) is 18.5. The van der Waals surface area contributed by atoms with E-state index in [9.17, 15) is 4.79 Å². The van der Waals surface area contributed by atoms with E-state index in [1.54, 1.807) is 17.5 Å². The van der Waals surface area contributed by atoms with E-state index in [1.165, 1.54) is 6.21 Å². The summed E-state index contributed by atoms with van der Waals surface area (Å²) in [6, 6.07) is 7.26. The van der Waals surface area contributed by atoms with Crippen molar-refractivity contribution in [2.24, 2.45) is 11.0 Å². The number of carbonyl (C=O) groups excluding carboxylic acids is 1. The minimum absolute atomic E-state index is 0.00953. The molecule has 110 valence electrons. The predicted molar refractivity (Wildman–Crippen MR) is 89.6 cm³/mol. The van der Waals surface area contributed by atoms with E-state index in [0.717, 1.165) is 25.6 Å². The zero-order valence-corrected chi connectivity index (χ0v) is 12.5. The highest BCUT2D eigenvalue weighted by Gasteiger charge is 2.24. The van der Waals surface area contributed by atoms with Gasteiger partial charge in [0.2, 0.25) is 0 Å². The lowest BCUT2D eigenvalue weighted by atomic mass is 9.99. The van der Waals surface area contributed by atoms with E-state index >= 15 is 0 Å². The first kappa shape index (κ1) is 15.3. The smallest absolute Gasteiger partial charge is 0.256 e. The van der Waals surface area contributed by atoms with Crippen LogP contribution in [-0.2, 0) is 0 Å². The van der Waals surface area contributed by atoms with Crippen LogP contribution >= 0.6 is 12.2 Å². The minimum Gasteiger partial charge on any atom is -0.338 e. The van der Waals surface area contributed by atoms with Gasteiger partial charge in [0.25, 0.3) is 5.91 Å². The van der Waals surface area contributed by atoms with Crippen molar-refractivity contribution in [3.05, 3.63) is 29.8 Å². The predicted octanol–water partition coefficient (Wildman–Crippen LogP) is 2.59. The number of rotatable bonds is 5. The highest BCUT2D eigenvalue weighted by Crippen LogP contribution is 2.21. The summed E-state index contributed by atoms with van der Waals surface area (Å²) in [7, 11) is 0. The molecule has 1 amide bonds. The van der Waals surface area contributed by atoms with Crippen LogP contribution in [0, 0.1) is 11.3 Å². The van der Waals surface area contributed by atoms with E-state index in [2.05, 4.69) is 10.5 Å². The molecule has 0 aromatic heterocycles. The number of likely N-dealkylation sites (tertiary alicyclic amines) is 1. The molecular formula is C15H18N4OS. The maximum atomic E-state index is 12.7. The van der Waals surface area contributed by atoms with Crippen molar-refractivity contribution in [1.29, 1.82) is 5.41 Å². The van der Waals surface area contributed by atoms with Crippen LogP contribution in [0.25, 0.3) is 0 Å². The quantitative estimate of drug-likeness (QED) is 0.499. The number of para-hydroxylation sites is 1. The number of hydrogen-bond donors (Lipinski definition) is 2. The van der Waals surface area contributed by atoms with Crippen molar-refractivity contribution in [3.63, 3.8) is 0 Å².